The molecule has 1 heterocycles. The summed E-state index contributed by atoms with van der Waals surface area (Å²) in [5, 5.41) is 0. The van der Waals surface area contributed by atoms with Crippen molar-refractivity contribution in [2.45, 2.75) is 6.36 Å². The van der Waals surface area contributed by atoms with Gasteiger partial charge < -0.3 is 15.2 Å². The zero-order valence-electron chi connectivity index (χ0n) is 10.4. The zero-order chi connectivity index (χ0) is 15.5. The van der Waals surface area contributed by atoms with Gasteiger partial charge in [-0.25, -0.2) is 4.98 Å². The second kappa shape index (κ2) is 5.96. The van der Waals surface area contributed by atoms with Crippen molar-refractivity contribution in [2.75, 3.05) is 0 Å². The van der Waals surface area contributed by atoms with Gasteiger partial charge in [0.05, 0.1) is 0 Å². The Hall–Kier alpha value is -2.35. The lowest BCUT2D eigenvalue weighted by Gasteiger charge is -2.09. The van der Waals surface area contributed by atoms with Gasteiger partial charge in [0.25, 0.3) is 0 Å². The molecule has 0 fully saturated rings. The third-order valence-electron chi connectivity index (χ3n) is 2.30. The number of benzene rings is 1. The first-order valence-electron chi connectivity index (χ1n) is 5.63. The molecule has 0 aliphatic carbocycles. The highest BCUT2D eigenvalue weighted by atomic mass is 32.1. The Balaban J connectivity index is 2.04. The molecule has 0 aliphatic heterocycles. The second-order valence-electron chi connectivity index (χ2n) is 3.87. The van der Waals surface area contributed by atoms with Crippen LogP contribution in [0.4, 0.5) is 13.2 Å². The molecule has 2 aromatic rings. The van der Waals surface area contributed by atoms with Gasteiger partial charge in [-0.1, -0.05) is 12.2 Å². The SMILES string of the molecule is NC(=S)c1ccc(Oc2ccc(OC(F)(F)F)cc2)nc1. The van der Waals surface area contributed by atoms with E-state index in [0.29, 0.717) is 11.3 Å². The summed E-state index contributed by atoms with van der Waals surface area (Å²) in [5.41, 5.74) is 6.02. The van der Waals surface area contributed by atoms with Crippen molar-refractivity contribution >= 4 is 17.2 Å². The average molecular weight is 314 g/mol. The van der Waals surface area contributed by atoms with Crippen LogP contribution in [0.15, 0.2) is 42.6 Å². The first kappa shape index (κ1) is 15.0. The Morgan fingerprint density at radius 2 is 1.67 bits per heavy atom. The quantitative estimate of drug-likeness (QED) is 0.877. The number of hydrogen-bond acceptors (Lipinski definition) is 4. The molecule has 0 amide bonds. The summed E-state index contributed by atoms with van der Waals surface area (Å²) in [6.45, 7) is 0. The van der Waals surface area contributed by atoms with Gasteiger partial charge in [0.15, 0.2) is 0 Å². The van der Waals surface area contributed by atoms with E-state index in [1.807, 2.05) is 0 Å². The van der Waals surface area contributed by atoms with Crippen LogP contribution in [0.25, 0.3) is 0 Å². The van der Waals surface area contributed by atoms with Gasteiger partial charge in [-0.3, -0.25) is 0 Å². The van der Waals surface area contributed by atoms with Gasteiger partial charge in [-0.05, 0) is 30.3 Å². The molecule has 4 nitrogen and oxygen atoms in total. The number of ether oxygens (including phenoxy) is 2. The van der Waals surface area contributed by atoms with Crippen molar-refractivity contribution in [3.05, 3.63) is 48.2 Å². The largest absolute Gasteiger partial charge is 0.573 e. The molecule has 0 saturated heterocycles. The second-order valence-corrected chi connectivity index (χ2v) is 4.31. The monoisotopic (exact) mass is 314 g/mol. The topological polar surface area (TPSA) is 57.4 Å². The lowest BCUT2D eigenvalue weighted by Crippen LogP contribution is -2.16. The smallest absolute Gasteiger partial charge is 0.439 e. The molecule has 0 saturated carbocycles. The molecule has 0 spiro atoms. The predicted octanol–water partition coefficient (Wildman–Crippen LogP) is 3.41. The van der Waals surface area contributed by atoms with E-state index < -0.39 is 6.36 Å². The summed E-state index contributed by atoms with van der Waals surface area (Å²) in [5.74, 6) is 0.256. The zero-order valence-corrected chi connectivity index (χ0v) is 11.2. The number of halogens is 3. The van der Waals surface area contributed by atoms with E-state index in [9.17, 15) is 13.2 Å². The summed E-state index contributed by atoms with van der Waals surface area (Å²) in [6, 6.07) is 8.15. The first-order valence-corrected chi connectivity index (χ1v) is 6.04. The van der Waals surface area contributed by atoms with Crippen LogP contribution in [0, 0.1) is 0 Å². The number of aromatic nitrogens is 1. The molecule has 21 heavy (non-hydrogen) atoms. The molecule has 110 valence electrons. The van der Waals surface area contributed by atoms with Crippen LogP contribution < -0.4 is 15.2 Å². The van der Waals surface area contributed by atoms with Crippen LogP contribution in [0.3, 0.4) is 0 Å². The maximum atomic E-state index is 12.0. The Morgan fingerprint density at radius 1 is 1.05 bits per heavy atom. The van der Waals surface area contributed by atoms with Crippen LogP contribution in [0.1, 0.15) is 5.56 Å². The van der Waals surface area contributed by atoms with Gasteiger partial charge in [-0.2, -0.15) is 0 Å². The maximum absolute atomic E-state index is 12.0. The van der Waals surface area contributed by atoms with Gasteiger partial charge in [0.1, 0.15) is 16.5 Å². The standard InChI is InChI=1S/C13H9F3N2O2S/c14-13(15,16)20-10-4-2-9(3-5-10)19-11-6-1-8(7-18-11)12(17)21/h1-7H,(H2,17,21). The molecule has 2 rings (SSSR count). The lowest BCUT2D eigenvalue weighted by atomic mass is 10.3. The Bertz CT molecular complexity index is 627. The first-order chi connectivity index (χ1) is 9.83. The lowest BCUT2D eigenvalue weighted by molar-refractivity contribution is -0.274. The minimum Gasteiger partial charge on any atom is -0.439 e. The molecule has 8 heteroatoms. The fourth-order valence-corrected chi connectivity index (χ4v) is 1.54. The van der Waals surface area contributed by atoms with Gasteiger partial charge in [0, 0.05) is 17.8 Å². The Labute approximate surface area is 123 Å². The highest BCUT2D eigenvalue weighted by molar-refractivity contribution is 7.80. The van der Waals surface area contributed by atoms with E-state index >= 15 is 0 Å². The molecular formula is C13H9F3N2O2S. The third-order valence-corrected chi connectivity index (χ3v) is 2.54. The van der Waals surface area contributed by atoms with Crippen LogP contribution in [0.5, 0.6) is 17.4 Å². The van der Waals surface area contributed by atoms with E-state index in [4.69, 9.17) is 22.7 Å². The molecule has 0 unspecified atom stereocenters. The minimum absolute atomic E-state index is 0.211. The summed E-state index contributed by atoms with van der Waals surface area (Å²) >= 11 is 4.78. The number of nitrogens with two attached hydrogens (primary N) is 1. The predicted molar refractivity (Wildman–Crippen MR) is 73.3 cm³/mol. The number of thiocarbonyl (C=S) groups is 1. The maximum Gasteiger partial charge on any atom is 0.573 e. The van der Waals surface area contributed by atoms with Crippen LogP contribution in [-0.2, 0) is 0 Å². The van der Waals surface area contributed by atoms with Gasteiger partial charge >= 0.3 is 6.36 Å². The van der Waals surface area contributed by atoms with E-state index in [1.165, 1.54) is 18.3 Å². The number of nitrogens with zero attached hydrogens (tertiary/aromatic N) is 1. The Kier molecular flexibility index (Phi) is 4.27. The van der Waals surface area contributed by atoms with E-state index in [2.05, 4.69) is 9.72 Å². The normalized spacial score (nSPS) is 11.0. The Morgan fingerprint density at radius 3 is 2.14 bits per heavy atom. The minimum atomic E-state index is -4.72. The fraction of sp³-hybridized carbons (Fsp3) is 0.0769. The molecule has 1 aromatic carbocycles. The fourth-order valence-electron chi connectivity index (χ4n) is 1.42. The number of rotatable bonds is 4. The summed E-state index contributed by atoms with van der Waals surface area (Å²) < 4.78 is 45.1. The molecule has 1 aromatic heterocycles. The molecule has 0 atom stereocenters. The molecule has 2 N–H and O–H groups in total. The summed E-state index contributed by atoms with van der Waals surface area (Å²) in [7, 11) is 0. The number of pyridine rings is 1. The molecule has 0 radical (unpaired) electrons. The molecule has 0 bridgehead atoms. The van der Waals surface area contributed by atoms with Crippen molar-refractivity contribution in [2.24, 2.45) is 5.73 Å². The van der Waals surface area contributed by atoms with Crippen molar-refractivity contribution in [1.82, 2.24) is 4.98 Å². The highest BCUT2D eigenvalue weighted by Gasteiger charge is 2.30. The van der Waals surface area contributed by atoms with E-state index in [-0.39, 0.29) is 16.6 Å². The molecular weight excluding hydrogens is 305 g/mol. The van der Waals surface area contributed by atoms with E-state index in [0.717, 1.165) is 12.1 Å². The summed E-state index contributed by atoms with van der Waals surface area (Å²) in [6.07, 6.45) is -3.28. The van der Waals surface area contributed by atoms with Gasteiger partial charge in [-0.15, -0.1) is 13.2 Å². The van der Waals surface area contributed by atoms with Crippen LogP contribution in [0.2, 0.25) is 0 Å². The highest BCUT2D eigenvalue weighted by Crippen LogP contribution is 2.26. The van der Waals surface area contributed by atoms with Gasteiger partial charge in [0.2, 0.25) is 5.88 Å². The third kappa shape index (κ3) is 4.60. The number of alkyl halides is 3. The van der Waals surface area contributed by atoms with Crippen molar-refractivity contribution in [3.8, 4) is 17.4 Å². The van der Waals surface area contributed by atoms with E-state index in [1.54, 1.807) is 12.1 Å². The van der Waals surface area contributed by atoms with Crippen LogP contribution in [-0.4, -0.2) is 16.3 Å². The molecule has 0 aliphatic rings. The van der Waals surface area contributed by atoms with Crippen molar-refractivity contribution in [3.63, 3.8) is 0 Å². The average Bonchev–Trinajstić information content (AvgIpc) is 2.40. The summed E-state index contributed by atoms with van der Waals surface area (Å²) in [4.78, 5) is 4.19. The van der Waals surface area contributed by atoms with Crippen LogP contribution >= 0.6 is 12.2 Å². The number of hydrogen-bond donors (Lipinski definition) is 1. The van der Waals surface area contributed by atoms with Crippen molar-refractivity contribution in [1.29, 1.82) is 0 Å². The van der Waals surface area contributed by atoms with Crippen molar-refractivity contribution < 1.29 is 22.6 Å².